The normalized spacial score (nSPS) is 26.4. The van der Waals surface area contributed by atoms with Crippen molar-refractivity contribution in [1.29, 1.82) is 0 Å². The number of hydrogen-bond acceptors (Lipinski definition) is 3. The molecule has 102 valence electrons. The van der Waals surface area contributed by atoms with E-state index >= 15 is 0 Å². The first-order valence-electron chi connectivity index (χ1n) is 7.00. The molecule has 0 saturated carbocycles. The molecule has 0 aromatic heterocycles. The number of nitrogens with zero attached hydrogens (tertiary/aromatic N) is 1. The van der Waals surface area contributed by atoms with Crippen LogP contribution in [0.3, 0.4) is 0 Å². The predicted octanol–water partition coefficient (Wildman–Crippen LogP) is 1.67. The third-order valence-electron chi connectivity index (χ3n) is 4.47. The molecule has 0 bridgehead atoms. The molecule has 2 unspecified atom stereocenters. The number of aromatic hydroxyl groups is 1. The first-order chi connectivity index (χ1) is 9.16. The van der Waals surface area contributed by atoms with Crippen molar-refractivity contribution in [3.05, 3.63) is 29.3 Å². The van der Waals surface area contributed by atoms with E-state index in [9.17, 15) is 9.90 Å². The molecule has 3 rings (SSSR count). The number of phenolic OH excluding ortho intramolecular Hbond substituents is 1. The molecule has 0 aliphatic carbocycles. The van der Waals surface area contributed by atoms with Crippen LogP contribution in [-0.2, 0) is 0 Å². The van der Waals surface area contributed by atoms with Crippen molar-refractivity contribution in [2.75, 3.05) is 13.1 Å². The monoisotopic (exact) mass is 260 g/mol. The van der Waals surface area contributed by atoms with Crippen molar-refractivity contribution >= 4 is 5.91 Å². The van der Waals surface area contributed by atoms with Crippen molar-refractivity contribution in [2.45, 2.75) is 38.3 Å². The van der Waals surface area contributed by atoms with Gasteiger partial charge in [0, 0.05) is 29.8 Å². The molecule has 1 aromatic carbocycles. The van der Waals surface area contributed by atoms with Crippen LogP contribution in [0.1, 0.15) is 35.2 Å². The van der Waals surface area contributed by atoms with Crippen molar-refractivity contribution in [1.82, 2.24) is 10.2 Å². The van der Waals surface area contributed by atoms with Crippen LogP contribution in [0, 0.1) is 6.92 Å². The van der Waals surface area contributed by atoms with Crippen LogP contribution >= 0.6 is 0 Å². The number of hydrogen-bond donors (Lipinski definition) is 2. The minimum absolute atomic E-state index is 0.0628. The molecule has 2 aliphatic rings. The Kier molecular flexibility index (Phi) is 3.19. The van der Waals surface area contributed by atoms with Gasteiger partial charge in [-0.3, -0.25) is 9.69 Å². The summed E-state index contributed by atoms with van der Waals surface area (Å²) in [5.74, 6) is 0.119. The summed E-state index contributed by atoms with van der Waals surface area (Å²) in [6, 6.07) is 5.87. The molecule has 1 aromatic rings. The zero-order chi connectivity index (χ0) is 13.4. The van der Waals surface area contributed by atoms with E-state index in [1.807, 2.05) is 0 Å². The number of benzene rings is 1. The maximum Gasteiger partial charge on any atom is 0.251 e. The first-order valence-corrected chi connectivity index (χ1v) is 7.00. The molecule has 2 fully saturated rings. The molecule has 2 aliphatic heterocycles. The first kappa shape index (κ1) is 12.5. The molecule has 0 spiro atoms. The lowest BCUT2D eigenvalue weighted by Gasteiger charge is -2.21. The van der Waals surface area contributed by atoms with Gasteiger partial charge in [-0.1, -0.05) is 6.07 Å². The Hall–Kier alpha value is -1.55. The van der Waals surface area contributed by atoms with Gasteiger partial charge in [0.05, 0.1) is 0 Å². The Morgan fingerprint density at radius 3 is 3.05 bits per heavy atom. The van der Waals surface area contributed by atoms with Gasteiger partial charge in [0.2, 0.25) is 0 Å². The summed E-state index contributed by atoms with van der Waals surface area (Å²) in [4.78, 5) is 14.8. The van der Waals surface area contributed by atoms with Crippen LogP contribution in [0.15, 0.2) is 18.2 Å². The second-order valence-electron chi connectivity index (χ2n) is 5.56. The third kappa shape index (κ3) is 2.21. The van der Waals surface area contributed by atoms with Gasteiger partial charge >= 0.3 is 0 Å². The lowest BCUT2D eigenvalue weighted by atomic mass is 10.0. The van der Waals surface area contributed by atoms with E-state index in [1.54, 1.807) is 25.1 Å². The highest BCUT2D eigenvalue weighted by molar-refractivity contribution is 5.96. The van der Waals surface area contributed by atoms with E-state index < -0.39 is 0 Å². The highest BCUT2D eigenvalue weighted by Gasteiger charge is 2.37. The van der Waals surface area contributed by atoms with Gasteiger partial charge in [-0.25, -0.2) is 0 Å². The summed E-state index contributed by atoms with van der Waals surface area (Å²) in [5, 5.41) is 12.8. The fourth-order valence-electron chi connectivity index (χ4n) is 3.37. The van der Waals surface area contributed by atoms with Gasteiger partial charge in [-0.15, -0.1) is 0 Å². The lowest BCUT2D eigenvalue weighted by molar-refractivity contribution is 0.0928. The predicted molar refractivity (Wildman–Crippen MR) is 73.3 cm³/mol. The average molecular weight is 260 g/mol. The fraction of sp³-hybridized carbons (Fsp3) is 0.533. The molecule has 19 heavy (non-hydrogen) atoms. The number of nitrogens with one attached hydrogen (secondary N) is 1. The Morgan fingerprint density at radius 2 is 2.21 bits per heavy atom. The van der Waals surface area contributed by atoms with Gasteiger partial charge in [-0.2, -0.15) is 0 Å². The topological polar surface area (TPSA) is 52.6 Å². The molecular weight excluding hydrogens is 240 g/mol. The molecule has 4 nitrogen and oxygen atoms in total. The summed E-state index contributed by atoms with van der Waals surface area (Å²) < 4.78 is 0. The average Bonchev–Trinajstić information content (AvgIpc) is 2.97. The maximum atomic E-state index is 12.3. The second-order valence-corrected chi connectivity index (χ2v) is 5.56. The largest absolute Gasteiger partial charge is 0.508 e. The molecular formula is C15H20N2O2. The molecule has 2 saturated heterocycles. The van der Waals surface area contributed by atoms with Crippen molar-refractivity contribution in [2.24, 2.45) is 0 Å². The van der Waals surface area contributed by atoms with Crippen LogP contribution in [0.25, 0.3) is 0 Å². The summed E-state index contributed by atoms with van der Waals surface area (Å²) in [6.45, 7) is 4.04. The number of carbonyl (C=O) groups excluding carboxylic acids is 1. The minimum atomic E-state index is -0.0628. The quantitative estimate of drug-likeness (QED) is 0.850. The maximum absolute atomic E-state index is 12.3. The Labute approximate surface area is 113 Å². The number of rotatable bonds is 2. The summed E-state index contributed by atoms with van der Waals surface area (Å²) in [6.07, 6.45) is 3.46. The molecule has 2 atom stereocenters. The lowest BCUT2D eigenvalue weighted by Crippen LogP contribution is -2.42. The van der Waals surface area contributed by atoms with Gasteiger partial charge < -0.3 is 10.4 Å². The Balaban J connectivity index is 1.73. The summed E-state index contributed by atoms with van der Waals surface area (Å²) in [7, 11) is 0. The van der Waals surface area contributed by atoms with Crippen molar-refractivity contribution < 1.29 is 9.90 Å². The van der Waals surface area contributed by atoms with E-state index in [4.69, 9.17) is 0 Å². The summed E-state index contributed by atoms with van der Waals surface area (Å²) >= 11 is 0. The molecule has 0 radical (unpaired) electrons. The van der Waals surface area contributed by atoms with Gasteiger partial charge in [0.25, 0.3) is 5.91 Å². The van der Waals surface area contributed by atoms with Gasteiger partial charge in [0.15, 0.2) is 0 Å². The van der Waals surface area contributed by atoms with Crippen molar-refractivity contribution in [3.8, 4) is 5.75 Å². The van der Waals surface area contributed by atoms with E-state index in [0.717, 1.165) is 13.0 Å². The number of fused-ring (bicyclic) bond motifs is 1. The van der Waals surface area contributed by atoms with Crippen molar-refractivity contribution in [3.63, 3.8) is 0 Å². The Morgan fingerprint density at radius 1 is 1.37 bits per heavy atom. The van der Waals surface area contributed by atoms with E-state index in [2.05, 4.69) is 10.2 Å². The highest BCUT2D eigenvalue weighted by Crippen LogP contribution is 2.28. The third-order valence-corrected chi connectivity index (χ3v) is 4.47. The summed E-state index contributed by atoms with van der Waals surface area (Å²) in [5.41, 5.74) is 1.23. The van der Waals surface area contributed by atoms with Gasteiger partial charge in [0.1, 0.15) is 5.75 Å². The number of phenols is 1. The standard InChI is InChI=1S/C15H20N2O2/c1-10-11(4-2-6-14(10)18)15(19)16-12-7-9-17-8-3-5-13(12)17/h2,4,6,12-13,18H,3,5,7-9H2,1H3,(H,16,19). The highest BCUT2D eigenvalue weighted by atomic mass is 16.3. The SMILES string of the molecule is Cc1c(O)cccc1C(=O)NC1CCN2CCCC12. The molecule has 2 heterocycles. The smallest absolute Gasteiger partial charge is 0.251 e. The van der Waals surface area contributed by atoms with Crippen LogP contribution < -0.4 is 5.32 Å². The molecule has 2 N–H and O–H groups in total. The zero-order valence-electron chi connectivity index (χ0n) is 11.2. The Bertz CT molecular complexity index is 501. The van der Waals surface area contributed by atoms with Crippen LogP contribution in [0.2, 0.25) is 0 Å². The van der Waals surface area contributed by atoms with Crippen LogP contribution in [-0.4, -0.2) is 41.1 Å². The van der Waals surface area contributed by atoms with Crippen LogP contribution in [0.4, 0.5) is 0 Å². The van der Waals surface area contributed by atoms with E-state index in [-0.39, 0.29) is 17.7 Å². The van der Waals surface area contributed by atoms with Gasteiger partial charge in [-0.05, 0) is 44.9 Å². The number of amides is 1. The molecule has 4 heteroatoms. The molecule has 1 amide bonds. The minimum Gasteiger partial charge on any atom is -0.508 e. The van der Waals surface area contributed by atoms with E-state index in [1.165, 1.54) is 19.4 Å². The second kappa shape index (κ2) is 4.85. The van der Waals surface area contributed by atoms with E-state index in [0.29, 0.717) is 17.2 Å². The fourth-order valence-corrected chi connectivity index (χ4v) is 3.37. The number of carbonyl (C=O) groups is 1. The van der Waals surface area contributed by atoms with Crippen LogP contribution in [0.5, 0.6) is 5.75 Å². The zero-order valence-corrected chi connectivity index (χ0v) is 11.2.